The van der Waals surface area contributed by atoms with E-state index in [4.69, 9.17) is 13.9 Å². The Labute approximate surface area is 210 Å². The number of alkyl carbamates (subject to hydrolysis) is 1. The third-order valence-corrected chi connectivity index (χ3v) is 5.44. The molecule has 3 aromatic rings. The molecule has 0 saturated carbocycles. The molecule has 2 aromatic carbocycles. The fraction of sp³-hybridized carbons (Fsp3) is 0.370. The first-order valence-electron chi connectivity index (χ1n) is 11.6. The normalized spacial score (nSPS) is 12.2. The Morgan fingerprint density at radius 3 is 2.39 bits per heavy atom. The molecule has 0 aliphatic heterocycles. The van der Waals surface area contributed by atoms with Crippen LogP contribution in [0.25, 0.3) is 11.0 Å². The van der Waals surface area contributed by atoms with Crippen molar-refractivity contribution in [2.45, 2.75) is 46.3 Å². The van der Waals surface area contributed by atoms with Crippen LogP contribution in [0.1, 0.15) is 34.6 Å². The standard InChI is InChI=1S/C27H33N3O6/c1-16(2)24(29-26(33)36-27(3,4)5)25(32)28-19-14-17(12-13-22(19)34-7)30(6)20-15-23(31)35-21-11-9-8-10-18(20)21/h8-16,24H,1-7H3,(H,28,32)(H,29,33)/t24-/m0/s1. The quantitative estimate of drug-likeness (QED) is 0.441. The summed E-state index contributed by atoms with van der Waals surface area (Å²) >= 11 is 0. The first kappa shape index (κ1) is 26.6. The van der Waals surface area contributed by atoms with Crippen LogP contribution < -0.4 is 25.9 Å². The van der Waals surface area contributed by atoms with Gasteiger partial charge in [-0.15, -0.1) is 0 Å². The molecule has 9 nitrogen and oxygen atoms in total. The van der Waals surface area contributed by atoms with E-state index in [9.17, 15) is 14.4 Å². The lowest BCUT2D eigenvalue weighted by Gasteiger charge is -2.26. The molecule has 36 heavy (non-hydrogen) atoms. The molecule has 0 unspecified atom stereocenters. The van der Waals surface area contributed by atoms with Gasteiger partial charge in [-0.1, -0.05) is 26.0 Å². The number of fused-ring (bicyclic) bond motifs is 1. The summed E-state index contributed by atoms with van der Waals surface area (Å²) in [5.74, 6) is -0.179. The number of hydrogen-bond donors (Lipinski definition) is 2. The van der Waals surface area contributed by atoms with E-state index in [1.54, 1.807) is 45.0 Å². The molecule has 1 atom stereocenters. The number of carbonyl (C=O) groups is 2. The summed E-state index contributed by atoms with van der Waals surface area (Å²) in [6.45, 7) is 8.92. The summed E-state index contributed by atoms with van der Waals surface area (Å²) < 4.78 is 16.1. The summed E-state index contributed by atoms with van der Waals surface area (Å²) in [6.07, 6.45) is -0.674. The molecule has 9 heteroatoms. The van der Waals surface area contributed by atoms with Crippen LogP contribution in [0.3, 0.4) is 0 Å². The lowest BCUT2D eigenvalue weighted by molar-refractivity contribution is -0.119. The van der Waals surface area contributed by atoms with E-state index in [0.29, 0.717) is 28.4 Å². The molecule has 3 rings (SSSR count). The van der Waals surface area contributed by atoms with Gasteiger partial charge in [0.25, 0.3) is 0 Å². The predicted octanol–water partition coefficient (Wildman–Crippen LogP) is 5.06. The van der Waals surface area contributed by atoms with Crippen molar-refractivity contribution < 1.29 is 23.5 Å². The van der Waals surface area contributed by atoms with Crippen LogP contribution in [0, 0.1) is 5.92 Å². The summed E-state index contributed by atoms with van der Waals surface area (Å²) in [5.41, 5.74) is 1.07. The molecule has 0 aliphatic carbocycles. The maximum absolute atomic E-state index is 13.2. The first-order chi connectivity index (χ1) is 16.9. The van der Waals surface area contributed by atoms with Crippen LogP contribution in [-0.2, 0) is 9.53 Å². The summed E-state index contributed by atoms with van der Waals surface area (Å²) in [6, 6.07) is 13.1. The maximum Gasteiger partial charge on any atom is 0.408 e. The van der Waals surface area contributed by atoms with Crippen LogP contribution in [0.4, 0.5) is 21.9 Å². The van der Waals surface area contributed by atoms with Crippen molar-refractivity contribution in [1.82, 2.24) is 5.32 Å². The lowest BCUT2D eigenvalue weighted by Crippen LogP contribution is -2.48. The van der Waals surface area contributed by atoms with Gasteiger partial charge in [-0.3, -0.25) is 4.79 Å². The second-order valence-corrected chi connectivity index (χ2v) is 9.75. The van der Waals surface area contributed by atoms with Crippen molar-refractivity contribution >= 4 is 40.0 Å². The molecule has 0 radical (unpaired) electrons. The molecule has 2 amide bonds. The van der Waals surface area contributed by atoms with Crippen molar-refractivity contribution in [2.75, 3.05) is 24.4 Å². The predicted molar refractivity (Wildman–Crippen MR) is 140 cm³/mol. The summed E-state index contributed by atoms with van der Waals surface area (Å²) in [7, 11) is 3.32. The number of hydrogen-bond acceptors (Lipinski definition) is 7. The fourth-order valence-corrected chi connectivity index (χ4v) is 3.69. The molecule has 1 heterocycles. The molecule has 0 aliphatic rings. The molecular formula is C27H33N3O6. The smallest absolute Gasteiger partial charge is 0.408 e. The Morgan fingerprint density at radius 1 is 1.06 bits per heavy atom. The molecule has 0 spiro atoms. The Hall–Kier alpha value is -4.01. The van der Waals surface area contributed by atoms with Gasteiger partial charge in [-0.05, 0) is 57.0 Å². The molecule has 0 fully saturated rings. The summed E-state index contributed by atoms with van der Waals surface area (Å²) in [5, 5.41) is 6.28. The van der Waals surface area contributed by atoms with Gasteiger partial charge in [0.1, 0.15) is 23.0 Å². The number of para-hydroxylation sites is 1. The van der Waals surface area contributed by atoms with Crippen LogP contribution in [0.15, 0.2) is 57.7 Å². The minimum Gasteiger partial charge on any atom is -0.495 e. The molecule has 0 bridgehead atoms. The van der Waals surface area contributed by atoms with E-state index in [1.165, 1.54) is 13.2 Å². The minimum atomic E-state index is -0.839. The topological polar surface area (TPSA) is 110 Å². The van der Waals surface area contributed by atoms with Crippen molar-refractivity contribution in [3.05, 3.63) is 59.0 Å². The molecule has 1 aromatic heterocycles. The summed E-state index contributed by atoms with van der Waals surface area (Å²) in [4.78, 5) is 39.5. The zero-order valence-electron chi connectivity index (χ0n) is 21.7. The highest BCUT2D eigenvalue weighted by molar-refractivity contribution is 5.99. The van der Waals surface area contributed by atoms with Gasteiger partial charge in [0, 0.05) is 24.2 Å². The zero-order valence-corrected chi connectivity index (χ0v) is 21.7. The van der Waals surface area contributed by atoms with E-state index >= 15 is 0 Å². The number of anilines is 3. The number of rotatable bonds is 7. The van der Waals surface area contributed by atoms with Crippen LogP contribution in [-0.4, -0.2) is 37.8 Å². The van der Waals surface area contributed by atoms with E-state index < -0.39 is 29.3 Å². The van der Waals surface area contributed by atoms with Crippen LogP contribution in [0.2, 0.25) is 0 Å². The number of carbonyl (C=O) groups excluding carboxylic acids is 2. The van der Waals surface area contributed by atoms with E-state index in [-0.39, 0.29) is 5.92 Å². The van der Waals surface area contributed by atoms with Gasteiger partial charge in [-0.2, -0.15) is 0 Å². The number of nitrogens with zero attached hydrogens (tertiary/aromatic N) is 1. The van der Waals surface area contributed by atoms with Crippen molar-refractivity contribution in [3.8, 4) is 5.75 Å². The average molecular weight is 496 g/mol. The fourth-order valence-electron chi connectivity index (χ4n) is 3.69. The SMILES string of the molecule is COc1ccc(N(C)c2cc(=O)oc3ccccc23)cc1NC(=O)[C@@H](NC(=O)OC(C)(C)C)C(C)C. The molecule has 192 valence electrons. The van der Waals surface area contributed by atoms with Gasteiger partial charge < -0.3 is 29.4 Å². The Kier molecular flexibility index (Phi) is 7.92. The highest BCUT2D eigenvalue weighted by Gasteiger charge is 2.28. The van der Waals surface area contributed by atoms with Gasteiger partial charge in [0.2, 0.25) is 5.91 Å². The Balaban J connectivity index is 1.91. The monoisotopic (exact) mass is 495 g/mol. The minimum absolute atomic E-state index is 0.204. The number of benzene rings is 2. The van der Waals surface area contributed by atoms with Gasteiger partial charge in [0.05, 0.1) is 18.5 Å². The zero-order chi connectivity index (χ0) is 26.6. The van der Waals surface area contributed by atoms with Crippen molar-refractivity contribution in [1.29, 1.82) is 0 Å². The van der Waals surface area contributed by atoms with Crippen LogP contribution in [0.5, 0.6) is 5.75 Å². The third kappa shape index (κ3) is 6.35. The highest BCUT2D eigenvalue weighted by atomic mass is 16.6. The van der Waals surface area contributed by atoms with Crippen molar-refractivity contribution in [2.24, 2.45) is 5.92 Å². The van der Waals surface area contributed by atoms with Crippen molar-refractivity contribution in [3.63, 3.8) is 0 Å². The number of ether oxygens (including phenoxy) is 2. The molecule has 2 N–H and O–H groups in total. The first-order valence-corrected chi connectivity index (χ1v) is 11.6. The Bertz CT molecular complexity index is 1310. The van der Waals surface area contributed by atoms with Crippen LogP contribution >= 0.6 is 0 Å². The number of nitrogens with one attached hydrogen (secondary N) is 2. The molecule has 0 saturated heterocycles. The highest BCUT2D eigenvalue weighted by Crippen LogP contribution is 2.35. The van der Waals surface area contributed by atoms with E-state index in [0.717, 1.165) is 5.39 Å². The molecular weight excluding hydrogens is 462 g/mol. The number of amides is 2. The van der Waals surface area contributed by atoms with Gasteiger partial charge >= 0.3 is 11.7 Å². The third-order valence-electron chi connectivity index (χ3n) is 5.44. The second-order valence-electron chi connectivity index (χ2n) is 9.75. The van der Waals surface area contributed by atoms with E-state index in [1.807, 2.05) is 44.0 Å². The number of methoxy groups -OCH3 is 1. The van der Waals surface area contributed by atoms with Gasteiger partial charge in [-0.25, -0.2) is 9.59 Å². The lowest BCUT2D eigenvalue weighted by atomic mass is 10.0. The second kappa shape index (κ2) is 10.7. The van der Waals surface area contributed by atoms with Gasteiger partial charge in [0.15, 0.2) is 0 Å². The average Bonchev–Trinajstić information content (AvgIpc) is 2.80. The van der Waals surface area contributed by atoms with E-state index in [2.05, 4.69) is 10.6 Å². The Morgan fingerprint density at radius 2 is 1.75 bits per heavy atom. The largest absolute Gasteiger partial charge is 0.495 e. The maximum atomic E-state index is 13.2.